The van der Waals surface area contributed by atoms with Crippen LogP contribution in [0.4, 0.5) is 0 Å². The van der Waals surface area contributed by atoms with Crippen LogP contribution in [-0.4, -0.2) is 42.0 Å². The second kappa shape index (κ2) is 8.21. The van der Waals surface area contributed by atoms with Crippen LogP contribution in [0.25, 0.3) is 0 Å². The molecule has 25 heavy (non-hydrogen) atoms. The monoisotopic (exact) mass is 349 g/mol. The summed E-state index contributed by atoms with van der Waals surface area (Å²) in [5, 5.41) is 11.4. The van der Waals surface area contributed by atoms with Gasteiger partial charge < -0.3 is 15.4 Å². The lowest BCUT2D eigenvalue weighted by atomic mass is 9.78. The lowest BCUT2D eigenvalue weighted by molar-refractivity contribution is -0.0835. The summed E-state index contributed by atoms with van der Waals surface area (Å²) >= 11 is 0. The summed E-state index contributed by atoms with van der Waals surface area (Å²) in [6, 6.07) is 0. The molecule has 2 N–H and O–H groups in total. The van der Waals surface area contributed by atoms with E-state index in [-0.39, 0.29) is 11.5 Å². The first-order valence-corrected chi connectivity index (χ1v) is 9.29. The molecule has 1 aliphatic rings. The molecule has 0 saturated carbocycles. The number of hydrogen-bond donors (Lipinski definition) is 2. The second-order valence-corrected chi connectivity index (χ2v) is 8.14. The maximum absolute atomic E-state index is 6.07. The van der Waals surface area contributed by atoms with Crippen LogP contribution in [-0.2, 0) is 18.3 Å². The van der Waals surface area contributed by atoms with Crippen LogP contribution in [0.2, 0.25) is 0 Å². The molecule has 0 spiro atoms. The number of aliphatic imine (C=N–C) groups is 1. The van der Waals surface area contributed by atoms with Crippen LogP contribution >= 0.6 is 0 Å². The van der Waals surface area contributed by atoms with Crippen molar-refractivity contribution in [1.82, 2.24) is 20.4 Å². The predicted octanol–water partition coefficient (Wildman–Crippen LogP) is 2.54. The molecule has 1 saturated heterocycles. The van der Waals surface area contributed by atoms with Gasteiger partial charge in [0, 0.05) is 51.0 Å². The molecule has 1 aromatic heterocycles. The molecule has 1 aliphatic heterocycles. The zero-order valence-corrected chi connectivity index (χ0v) is 16.9. The Morgan fingerprint density at radius 1 is 1.32 bits per heavy atom. The SMILES string of the molecule is CN=C(NCc1c(C)nn(C)c1C)NCC1CCCOC1C(C)(C)C. The molecule has 0 aromatic carbocycles. The Bertz CT molecular complexity index is 600. The molecule has 2 rings (SSSR count). The largest absolute Gasteiger partial charge is 0.377 e. The van der Waals surface area contributed by atoms with Gasteiger partial charge >= 0.3 is 0 Å². The van der Waals surface area contributed by atoms with E-state index in [4.69, 9.17) is 4.74 Å². The van der Waals surface area contributed by atoms with Crippen molar-refractivity contribution < 1.29 is 4.74 Å². The molecule has 6 heteroatoms. The molecule has 142 valence electrons. The number of aryl methyl sites for hydroxylation is 2. The third-order valence-electron chi connectivity index (χ3n) is 5.15. The van der Waals surface area contributed by atoms with E-state index in [9.17, 15) is 0 Å². The van der Waals surface area contributed by atoms with Gasteiger partial charge in [0.05, 0.1) is 11.8 Å². The lowest BCUT2D eigenvalue weighted by Gasteiger charge is -2.40. The first-order valence-electron chi connectivity index (χ1n) is 9.29. The van der Waals surface area contributed by atoms with Gasteiger partial charge in [-0.1, -0.05) is 20.8 Å². The van der Waals surface area contributed by atoms with Crippen molar-refractivity contribution in [3.05, 3.63) is 17.0 Å². The van der Waals surface area contributed by atoms with E-state index in [1.54, 1.807) is 0 Å². The predicted molar refractivity (Wildman–Crippen MR) is 103 cm³/mol. The summed E-state index contributed by atoms with van der Waals surface area (Å²) in [7, 11) is 3.80. The third-order valence-corrected chi connectivity index (χ3v) is 5.15. The van der Waals surface area contributed by atoms with Crippen molar-refractivity contribution >= 4 is 5.96 Å². The van der Waals surface area contributed by atoms with Gasteiger partial charge in [-0.2, -0.15) is 5.10 Å². The standard InChI is InChI=1S/C19H35N5O/c1-13-16(14(2)24(7)23-13)12-22-18(20-6)21-11-15-9-8-10-25-17(15)19(3,4)5/h15,17H,8-12H2,1-7H3,(H2,20,21,22). The van der Waals surface area contributed by atoms with Gasteiger partial charge in [0.15, 0.2) is 5.96 Å². The van der Waals surface area contributed by atoms with E-state index in [2.05, 4.69) is 48.4 Å². The number of nitrogens with zero attached hydrogens (tertiary/aromatic N) is 3. The van der Waals surface area contributed by atoms with E-state index in [0.717, 1.165) is 37.8 Å². The molecule has 2 heterocycles. The molecule has 1 fully saturated rings. The van der Waals surface area contributed by atoms with E-state index in [1.807, 2.05) is 25.7 Å². The summed E-state index contributed by atoms with van der Waals surface area (Å²) in [6.07, 6.45) is 2.63. The lowest BCUT2D eigenvalue weighted by Crippen LogP contribution is -2.47. The van der Waals surface area contributed by atoms with Gasteiger partial charge in [-0.05, 0) is 32.1 Å². The average molecular weight is 350 g/mol. The molecule has 6 nitrogen and oxygen atoms in total. The molecular formula is C19H35N5O. The van der Waals surface area contributed by atoms with Gasteiger partial charge in [-0.15, -0.1) is 0 Å². The Kier molecular flexibility index (Phi) is 6.49. The van der Waals surface area contributed by atoms with Crippen LogP contribution in [0.15, 0.2) is 4.99 Å². The maximum atomic E-state index is 6.07. The van der Waals surface area contributed by atoms with Crippen LogP contribution in [0.1, 0.15) is 50.6 Å². The highest BCUT2D eigenvalue weighted by Gasteiger charge is 2.35. The van der Waals surface area contributed by atoms with Gasteiger partial charge in [-0.25, -0.2) is 0 Å². The van der Waals surface area contributed by atoms with E-state index in [0.29, 0.717) is 5.92 Å². The highest BCUT2D eigenvalue weighted by molar-refractivity contribution is 5.79. The van der Waals surface area contributed by atoms with Crippen molar-refractivity contribution in [2.24, 2.45) is 23.4 Å². The van der Waals surface area contributed by atoms with Gasteiger partial charge in [0.25, 0.3) is 0 Å². The smallest absolute Gasteiger partial charge is 0.191 e. The fourth-order valence-electron chi connectivity index (χ4n) is 3.70. The number of nitrogens with one attached hydrogen (secondary N) is 2. The van der Waals surface area contributed by atoms with Crippen molar-refractivity contribution in [2.75, 3.05) is 20.2 Å². The van der Waals surface area contributed by atoms with Crippen molar-refractivity contribution in [3.8, 4) is 0 Å². The zero-order valence-electron chi connectivity index (χ0n) is 16.9. The molecule has 1 aromatic rings. The molecule has 0 amide bonds. The highest BCUT2D eigenvalue weighted by Crippen LogP contribution is 2.33. The zero-order chi connectivity index (χ0) is 18.6. The molecule has 2 unspecified atom stereocenters. The van der Waals surface area contributed by atoms with Crippen LogP contribution in [0.5, 0.6) is 0 Å². The van der Waals surface area contributed by atoms with Crippen molar-refractivity contribution in [2.45, 2.75) is 60.1 Å². The van der Waals surface area contributed by atoms with Gasteiger partial charge in [0.1, 0.15) is 0 Å². The fourth-order valence-corrected chi connectivity index (χ4v) is 3.70. The van der Waals surface area contributed by atoms with E-state index in [1.165, 1.54) is 17.7 Å². The van der Waals surface area contributed by atoms with Crippen molar-refractivity contribution in [1.29, 1.82) is 0 Å². The number of guanidine groups is 1. The first kappa shape index (κ1) is 19.8. The van der Waals surface area contributed by atoms with Crippen LogP contribution in [0.3, 0.4) is 0 Å². The molecule has 0 aliphatic carbocycles. The van der Waals surface area contributed by atoms with Gasteiger partial charge in [-0.3, -0.25) is 9.67 Å². The Labute approximate surface area is 152 Å². The number of ether oxygens (including phenoxy) is 1. The minimum absolute atomic E-state index is 0.160. The minimum atomic E-state index is 0.160. The third kappa shape index (κ3) is 4.97. The van der Waals surface area contributed by atoms with Crippen LogP contribution in [0, 0.1) is 25.2 Å². The molecule has 0 radical (unpaired) electrons. The second-order valence-electron chi connectivity index (χ2n) is 8.14. The highest BCUT2D eigenvalue weighted by atomic mass is 16.5. The van der Waals surface area contributed by atoms with E-state index >= 15 is 0 Å². The number of rotatable bonds is 4. The first-order chi connectivity index (χ1) is 11.7. The van der Waals surface area contributed by atoms with E-state index < -0.39 is 0 Å². The Balaban J connectivity index is 1.91. The fraction of sp³-hybridized carbons (Fsp3) is 0.789. The quantitative estimate of drug-likeness (QED) is 0.648. The molecule has 0 bridgehead atoms. The Morgan fingerprint density at radius 3 is 2.60 bits per heavy atom. The summed E-state index contributed by atoms with van der Waals surface area (Å²) < 4.78 is 8.00. The van der Waals surface area contributed by atoms with Crippen LogP contribution < -0.4 is 10.6 Å². The Morgan fingerprint density at radius 2 is 2.04 bits per heavy atom. The average Bonchev–Trinajstić information content (AvgIpc) is 2.80. The Hall–Kier alpha value is -1.56. The minimum Gasteiger partial charge on any atom is -0.377 e. The summed E-state index contributed by atoms with van der Waals surface area (Å²) in [4.78, 5) is 4.37. The summed E-state index contributed by atoms with van der Waals surface area (Å²) in [6.45, 7) is 13.4. The molecular weight excluding hydrogens is 314 g/mol. The summed E-state index contributed by atoms with van der Waals surface area (Å²) in [5.41, 5.74) is 3.65. The van der Waals surface area contributed by atoms with Crippen molar-refractivity contribution in [3.63, 3.8) is 0 Å². The maximum Gasteiger partial charge on any atom is 0.191 e. The number of hydrogen-bond acceptors (Lipinski definition) is 3. The molecule has 2 atom stereocenters. The normalized spacial score (nSPS) is 22.1. The number of aromatic nitrogens is 2. The topological polar surface area (TPSA) is 63.5 Å². The summed E-state index contributed by atoms with van der Waals surface area (Å²) in [5.74, 6) is 1.34. The van der Waals surface area contributed by atoms with Gasteiger partial charge in [0.2, 0.25) is 0 Å².